The zero-order valence-corrected chi connectivity index (χ0v) is 10.6. The number of thiocarbonyl (C=S) groups is 1. The normalized spacial score (nSPS) is 9.53. The molecule has 0 amide bonds. The van der Waals surface area contributed by atoms with E-state index in [4.69, 9.17) is 28.6 Å². The van der Waals surface area contributed by atoms with Gasteiger partial charge in [-0.25, -0.2) is 9.97 Å². The third kappa shape index (κ3) is 4.92. The lowest BCUT2D eigenvalue weighted by Gasteiger charge is -2.09. The van der Waals surface area contributed by atoms with Gasteiger partial charge in [-0.15, -0.1) is 0 Å². The topological polar surface area (TPSA) is 76.1 Å². The minimum Gasteiger partial charge on any atom is -0.465 e. The molecule has 0 atom stereocenters. The number of hydrogen-bond donors (Lipinski definition) is 2. The highest BCUT2D eigenvalue weighted by molar-refractivity contribution is 7.80. The first-order chi connectivity index (χ1) is 8.13. The first kappa shape index (κ1) is 13.6. The third-order valence-electron chi connectivity index (χ3n) is 1.58. The fourth-order valence-electron chi connectivity index (χ4n) is 0.921. The minimum atomic E-state index is -0.387. The maximum absolute atomic E-state index is 11.0. The van der Waals surface area contributed by atoms with Crippen molar-refractivity contribution in [3.8, 4) is 0 Å². The summed E-state index contributed by atoms with van der Waals surface area (Å²) in [6, 6.07) is 0. The molecule has 92 valence electrons. The van der Waals surface area contributed by atoms with E-state index in [2.05, 4.69) is 20.6 Å². The number of esters is 1. The van der Waals surface area contributed by atoms with Gasteiger partial charge in [-0.1, -0.05) is 11.6 Å². The molecular formula is C9H11ClN4O2S. The summed E-state index contributed by atoms with van der Waals surface area (Å²) in [5.41, 5.74) is 0. The van der Waals surface area contributed by atoms with Gasteiger partial charge in [-0.3, -0.25) is 4.79 Å². The standard InChI is InChI=1S/C9H11ClN4O2S/c1-2-16-6(15)5-13-9(17)14-8-7(10)11-3-4-12-8/h3-4H,2,5H2,1H3,(H2,12,13,14,17). The first-order valence-corrected chi connectivity index (χ1v) is 5.59. The number of anilines is 1. The predicted molar refractivity (Wildman–Crippen MR) is 67.9 cm³/mol. The Bertz CT molecular complexity index is 416. The molecule has 6 nitrogen and oxygen atoms in total. The molecule has 0 aliphatic rings. The van der Waals surface area contributed by atoms with E-state index in [1.807, 2.05) is 0 Å². The van der Waals surface area contributed by atoms with Crippen molar-refractivity contribution >= 4 is 40.7 Å². The third-order valence-corrected chi connectivity index (χ3v) is 2.11. The molecule has 0 bridgehead atoms. The molecule has 0 spiro atoms. The molecule has 0 aliphatic heterocycles. The van der Waals surface area contributed by atoms with E-state index in [0.717, 1.165) is 0 Å². The van der Waals surface area contributed by atoms with E-state index in [1.165, 1.54) is 12.4 Å². The lowest BCUT2D eigenvalue weighted by atomic mass is 10.6. The molecule has 2 N–H and O–H groups in total. The summed E-state index contributed by atoms with van der Waals surface area (Å²) < 4.78 is 4.72. The largest absolute Gasteiger partial charge is 0.465 e. The number of rotatable bonds is 4. The highest BCUT2D eigenvalue weighted by Gasteiger charge is 2.06. The second kappa shape index (κ2) is 6.97. The molecule has 1 rings (SSSR count). The molecule has 1 heterocycles. The van der Waals surface area contributed by atoms with E-state index in [0.29, 0.717) is 12.4 Å². The summed E-state index contributed by atoms with van der Waals surface area (Å²) in [7, 11) is 0. The molecule has 1 aromatic rings. The van der Waals surface area contributed by atoms with Crippen molar-refractivity contribution in [3.05, 3.63) is 17.5 Å². The SMILES string of the molecule is CCOC(=O)CNC(=S)Nc1nccnc1Cl. The van der Waals surface area contributed by atoms with Crippen molar-refractivity contribution in [2.75, 3.05) is 18.5 Å². The number of halogens is 1. The average molecular weight is 275 g/mol. The van der Waals surface area contributed by atoms with Crippen LogP contribution < -0.4 is 10.6 Å². The van der Waals surface area contributed by atoms with Crippen LogP contribution in [0.3, 0.4) is 0 Å². The molecule has 0 aromatic carbocycles. The monoisotopic (exact) mass is 274 g/mol. The fraction of sp³-hybridized carbons (Fsp3) is 0.333. The molecule has 8 heteroatoms. The van der Waals surface area contributed by atoms with Crippen LogP contribution in [0.4, 0.5) is 5.82 Å². The van der Waals surface area contributed by atoms with Crippen LogP contribution in [-0.2, 0) is 9.53 Å². The molecule has 0 fully saturated rings. The van der Waals surface area contributed by atoms with Gasteiger partial charge in [0.15, 0.2) is 16.1 Å². The van der Waals surface area contributed by atoms with Gasteiger partial charge in [0.1, 0.15) is 6.54 Å². The number of ether oxygens (including phenoxy) is 1. The van der Waals surface area contributed by atoms with Crippen molar-refractivity contribution < 1.29 is 9.53 Å². The van der Waals surface area contributed by atoms with Gasteiger partial charge in [-0.2, -0.15) is 0 Å². The fourth-order valence-corrected chi connectivity index (χ4v) is 1.24. The van der Waals surface area contributed by atoms with Crippen molar-refractivity contribution in [3.63, 3.8) is 0 Å². The van der Waals surface area contributed by atoms with Crippen molar-refractivity contribution in [2.45, 2.75) is 6.92 Å². The van der Waals surface area contributed by atoms with Gasteiger partial charge in [0.25, 0.3) is 0 Å². The number of carbonyl (C=O) groups is 1. The number of nitrogens with one attached hydrogen (secondary N) is 2. The van der Waals surface area contributed by atoms with Crippen LogP contribution in [0, 0.1) is 0 Å². The molecule has 17 heavy (non-hydrogen) atoms. The van der Waals surface area contributed by atoms with Crippen molar-refractivity contribution in [1.82, 2.24) is 15.3 Å². The smallest absolute Gasteiger partial charge is 0.325 e. The molecule has 0 saturated heterocycles. The van der Waals surface area contributed by atoms with E-state index < -0.39 is 0 Å². The zero-order valence-electron chi connectivity index (χ0n) is 9.07. The van der Waals surface area contributed by atoms with E-state index >= 15 is 0 Å². The Morgan fingerprint density at radius 3 is 2.88 bits per heavy atom. The molecule has 0 unspecified atom stereocenters. The second-order valence-electron chi connectivity index (χ2n) is 2.81. The van der Waals surface area contributed by atoms with Gasteiger partial charge < -0.3 is 15.4 Å². The van der Waals surface area contributed by atoms with Crippen LogP contribution >= 0.6 is 23.8 Å². The zero-order chi connectivity index (χ0) is 12.7. The van der Waals surface area contributed by atoms with Gasteiger partial charge >= 0.3 is 5.97 Å². The maximum Gasteiger partial charge on any atom is 0.325 e. The van der Waals surface area contributed by atoms with Gasteiger partial charge in [-0.05, 0) is 19.1 Å². The van der Waals surface area contributed by atoms with Gasteiger partial charge in [0.05, 0.1) is 6.61 Å². The lowest BCUT2D eigenvalue weighted by molar-refractivity contribution is -0.141. The molecule has 0 aliphatic carbocycles. The highest BCUT2D eigenvalue weighted by atomic mass is 35.5. The lowest BCUT2D eigenvalue weighted by Crippen LogP contribution is -2.34. The predicted octanol–water partition coefficient (Wildman–Crippen LogP) is 0.979. The maximum atomic E-state index is 11.0. The van der Waals surface area contributed by atoms with Crippen LogP contribution in [0.25, 0.3) is 0 Å². The van der Waals surface area contributed by atoms with Crippen LogP contribution in [0.2, 0.25) is 5.15 Å². The summed E-state index contributed by atoms with van der Waals surface area (Å²) in [5.74, 6) is -0.0579. The van der Waals surface area contributed by atoms with Gasteiger partial charge in [0, 0.05) is 12.4 Å². The second-order valence-corrected chi connectivity index (χ2v) is 3.57. The highest BCUT2D eigenvalue weighted by Crippen LogP contribution is 2.13. The quantitative estimate of drug-likeness (QED) is 0.626. The van der Waals surface area contributed by atoms with Crippen LogP contribution in [-0.4, -0.2) is 34.2 Å². The van der Waals surface area contributed by atoms with Crippen LogP contribution in [0.5, 0.6) is 0 Å². The summed E-state index contributed by atoms with van der Waals surface area (Å²) in [6.07, 6.45) is 2.94. The number of hydrogen-bond acceptors (Lipinski definition) is 5. The summed E-state index contributed by atoms with van der Waals surface area (Å²) >= 11 is 10.7. The summed E-state index contributed by atoms with van der Waals surface area (Å²) in [6.45, 7) is 2.04. The van der Waals surface area contributed by atoms with Crippen molar-refractivity contribution in [2.24, 2.45) is 0 Å². The van der Waals surface area contributed by atoms with E-state index in [1.54, 1.807) is 6.92 Å². The summed E-state index contributed by atoms with van der Waals surface area (Å²) in [4.78, 5) is 18.8. The Hall–Kier alpha value is -1.47. The first-order valence-electron chi connectivity index (χ1n) is 4.80. The Morgan fingerprint density at radius 2 is 2.24 bits per heavy atom. The van der Waals surface area contributed by atoms with E-state index in [-0.39, 0.29) is 22.8 Å². The Labute approximate surface area is 109 Å². The number of aromatic nitrogens is 2. The van der Waals surface area contributed by atoms with E-state index in [9.17, 15) is 4.79 Å². The van der Waals surface area contributed by atoms with Gasteiger partial charge in [0.2, 0.25) is 0 Å². The van der Waals surface area contributed by atoms with Crippen LogP contribution in [0.1, 0.15) is 6.92 Å². The van der Waals surface area contributed by atoms with Crippen LogP contribution in [0.15, 0.2) is 12.4 Å². The number of carbonyl (C=O) groups excluding carboxylic acids is 1. The Morgan fingerprint density at radius 1 is 1.53 bits per heavy atom. The number of nitrogens with zero attached hydrogens (tertiary/aromatic N) is 2. The van der Waals surface area contributed by atoms with Crippen molar-refractivity contribution in [1.29, 1.82) is 0 Å². The average Bonchev–Trinajstić information content (AvgIpc) is 2.30. The Kier molecular flexibility index (Phi) is 5.58. The summed E-state index contributed by atoms with van der Waals surface area (Å²) in [5, 5.41) is 5.80. The molecule has 0 saturated carbocycles. The Balaban J connectivity index is 2.40. The molecule has 0 radical (unpaired) electrons. The molecular weight excluding hydrogens is 264 g/mol. The molecule has 1 aromatic heterocycles. The minimum absolute atomic E-state index is 0.0163.